The van der Waals surface area contributed by atoms with Crippen LogP contribution < -0.4 is 4.31 Å². The van der Waals surface area contributed by atoms with Crippen molar-refractivity contribution in [2.45, 2.75) is 24.7 Å². The summed E-state index contributed by atoms with van der Waals surface area (Å²) in [7, 11) is -2.14. The summed E-state index contributed by atoms with van der Waals surface area (Å²) < 4.78 is 27.0. The fraction of sp³-hybridized carbons (Fsp3) is 0.250. The second-order valence-corrected chi connectivity index (χ2v) is 7.59. The third-order valence-electron chi connectivity index (χ3n) is 3.88. The molecule has 0 unspecified atom stereocenters. The largest absolute Gasteiger partial charge is 0.345 e. The Morgan fingerprint density at radius 1 is 1.17 bits per heavy atom. The molecule has 0 aliphatic heterocycles. The molecule has 3 rings (SSSR count). The van der Waals surface area contributed by atoms with Crippen LogP contribution in [0.1, 0.15) is 25.3 Å². The number of benzene rings is 1. The highest BCUT2D eigenvalue weighted by Crippen LogP contribution is 2.27. The van der Waals surface area contributed by atoms with Crippen LogP contribution in [0.2, 0.25) is 0 Å². The molecule has 0 saturated carbocycles. The zero-order chi connectivity index (χ0) is 16.6. The Bertz CT molecular complexity index is 930. The Hall–Kier alpha value is -2.41. The van der Waals surface area contributed by atoms with Gasteiger partial charge < -0.3 is 4.98 Å². The summed E-state index contributed by atoms with van der Waals surface area (Å²) >= 11 is 0. The second-order valence-electron chi connectivity index (χ2n) is 5.66. The lowest BCUT2D eigenvalue weighted by atomic mass is 10.0. The van der Waals surface area contributed by atoms with Crippen molar-refractivity contribution in [1.82, 2.24) is 15.0 Å². The van der Waals surface area contributed by atoms with E-state index in [1.165, 1.54) is 28.6 Å². The summed E-state index contributed by atoms with van der Waals surface area (Å²) in [6.45, 7) is 4.20. The molecule has 0 aliphatic carbocycles. The number of aromatic nitrogens is 3. The molecule has 1 N–H and O–H groups in total. The van der Waals surface area contributed by atoms with Gasteiger partial charge in [-0.3, -0.25) is 4.31 Å². The Morgan fingerprint density at radius 3 is 2.52 bits per heavy atom. The number of hydrogen-bond acceptors (Lipinski definition) is 4. The number of sulfonamides is 1. The zero-order valence-corrected chi connectivity index (χ0v) is 14.0. The Kier molecular flexibility index (Phi) is 3.81. The van der Waals surface area contributed by atoms with Crippen LogP contribution in [0.3, 0.4) is 0 Å². The van der Waals surface area contributed by atoms with Crippen LogP contribution in [0.25, 0.3) is 11.0 Å². The van der Waals surface area contributed by atoms with Gasteiger partial charge in [-0.1, -0.05) is 26.0 Å². The molecule has 0 aliphatic rings. The van der Waals surface area contributed by atoms with Gasteiger partial charge in [0.2, 0.25) is 0 Å². The van der Waals surface area contributed by atoms with Gasteiger partial charge in [-0.25, -0.2) is 18.4 Å². The maximum absolute atomic E-state index is 12.9. The van der Waals surface area contributed by atoms with Gasteiger partial charge in [0.15, 0.2) is 0 Å². The predicted molar refractivity (Wildman–Crippen MR) is 90.0 cm³/mol. The molecule has 0 fully saturated rings. The van der Waals surface area contributed by atoms with E-state index in [1.54, 1.807) is 7.05 Å². The van der Waals surface area contributed by atoms with Crippen LogP contribution in [0.4, 0.5) is 5.69 Å². The molecule has 120 valence electrons. The number of aromatic amines is 1. The van der Waals surface area contributed by atoms with Gasteiger partial charge in [0, 0.05) is 19.4 Å². The molecule has 2 aromatic heterocycles. The van der Waals surface area contributed by atoms with Crippen molar-refractivity contribution in [2.24, 2.45) is 0 Å². The minimum Gasteiger partial charge on any atom is -0.345 e. The van der Waals surface area contributed by atoms with E-state index in [0.717, 1.165) is 0 Å². The van der Waals surface area contributed by atoms with Crippen LogP contribution in [-0.2, 0) is 10.0 Å². The Morgan fingerprint density at radius 2 is 1.87 bits per heavy atom. The number of nitrogens with one attached hydrogen (secondary N) is 1. The normalized spacial score (nSPS) is 12.0. The number of fused-ring (bicyclic) bond motifs is 1. The van der Waals surface area contributed by atoms with E-state index in [1.807, 2.05) is 24.3 Å². The quantitative estimate of drug-likeness (QED) is 0.798. The molecule has 0 radical (unpaired) electrons. The smallest absolute Gasteiger partial charge is 0.266 e. The minimum absolute atomic E-state index is 0.170. The van der Waals surface area contributed by atoms with E-state index in [2.05, 4.69) is 28.8 Å². The molecule has 1 aromatic carbocycles. The molecule has 3 aromatic rings. The molecule has 0 bridgehead atoms. The first kappa shape index (κ1) is 15.5. The van der Waals surface area contributed by atoms with Gasteiger partial charge in [0.25, 0.3) is 10.0 Å². The van der Waals surface area contributed by atoms with E-state index in [0.29, 0.717) is 22.6 Å². The predicted octanol–water partition coefficient (Wildman–Crippen LogP) is 2.91. The number of H-pyrrole nitrogens is 1. The summed E-state index contributed by atoms with van der Waals surface area (Å²) in [6.07, 6.45) is 4.33. The van der Waals surface area contributed by atoms with Crippen LogP contribution in [-0.4, -0.2) is 30.4 Å². The van der Waals surface area contributed by atoms with Crippen molar-refractivity contribution in [2.75, 3.05) is 11.4 Å². The van der Waals surface area contributed by atoms with Gasteiger partial charge in [-0.15, -0.1) is 0 Å². The van der Waals surface area contributed by atoms with E-state index < -0.39 is 10.0 Å². The average molecular weight is 330 g/mol. The Labute approximate surface area is 135 Å². The van der Waals surface area contributed by atoms with Crippen LogP contribution in [0, 0.1) is 0 Å². The highest BCUT2D eigenvalue weighted by Gasteiger charge is 2.25. The standard InChI is InChI=1S/C16H18N4O2S/c1-11(2)12-4-6-13(7-5-12)20(3)23(21,22)15-9-18-16-14(15)8-17-10-19-16/h4-11H,1-3H3,(H,17,18,19). The molecule has 0 spiro atoms. The fourth-order valence-electron chi connectivity index (χ4n) is 2.41. The lowest BCUT2D eigenvalue weighted by Crippen LogP contribution is -2.26. The third-order valence-corrected chi connectivity index (χ3v) is 5.70. The molecule has 2 heterocycles. The first-order valence-corrected chi connectivity index (χ1v) is 8.71. The fourth-order valence-corrected chi connectivity index (χ4v) is 3.73. The third kappa shape index (κ3) is 2.68. The van der Waals surface area contributed by atoms with Crippen LogP contribution >= 0.6 is 0 Å². The van der Waals surface area contributed by atoms with Gasteiger partial charge in [-0.05, 0) is 23.6 Å². The van der Waals surface area contributed by atoms with Crippen LogP contribution in [0.15, 0.2) is 47.9 Å². The van der Waals surface area contributed by atoms with Gasteiger partial charge in [0.1, 0.15) is 16.9 Å². The van der Waals surface area contributed by atoms with Crippen molar-refractivity contribution in [3.63, 3.8) is 0 Å². The highest BCUT2D eigenvalue weighted by molar-refractivity contribution is 7.93. The molecular weight excluding hydrogens is 312 g/mol. The van der Waals surface area contributed by atoms with Crippen LogP contribution in [0.5, 0.6) is 0 Å². The average Bonchev–Trinajstić information content (AvgIpc) is 2.99. The maximum Gasteiger partial charge on any atom is 0.266 e. The van der Waals surface area contributed by atoms with Gasteiger partial charge in [-0.2, -0.15) is 0 Å². The van der Waals surface area contributed by atoms with Crippen molar-refractivity contribution < 1.29 is 8.42 Å². The summed E-state index contributed by atoms with van der Waals surface area (Å²) in [5, 5.41) is 0.484. The minimum atomic E-state index is -3.69. The van der Waals surface area contributed by atoms with Crippen molar-refractivity contribution in [3.8, 4) is 0 Å². The summed E-state index contributed by atoms with van der Waals surface area (Å²) in [6, 6.07) is 7.53. The maximum atomic E-state index is 12.9. The van der Waals surface area contributed by atoms with Crippen molar-refractivity contribution in [3.05, 3.63) is 48.5 Å². The van der Waals surface area contributed by atoms with E-state index in [4.69, 9.17) is 0 Å². The second kappa shape index (κ2) is 5.66. The molecule has 0 amide bonds. The number of hydrogen-bond donors (Lipinski definition) is 1. The molecule has 6 nitrogen and oxygen atoms in total. The molecular formula is C16H18N4O2S. The van der Waals surface area contributed by atoms with E-state index >= 15 is 0 Å². The summed E-state index contributed by atoms with van der Waals surface area (Å²) in [5.41, 5.74) is 2.28. The van der Waals surface area contributed by atoms with Gasteiger partial charge >= 0.3 is 0 Å². The van der Waals surface area contributed by atoms with E-state index in [-0.39, 0.29) is 4.90 Å². The zero-order valence-electron chi connectivity index (χ0n) is 13.2. The number of rotatable bonds is 4. The molecule has 0 atom stereocenters. The molecule has 23 heavy (non-hydrogen) atoms. The first-order valence-electron chi connectivity index (χ1n) is 7.27. The van der Waals surface area contributed by atoms with Crippen molar-refractivity contribution in [1.29, 1.82) is 0 Å². The monoisotopic (exact) mass is 330 g/mol. The Balaban J connectivity index is 2.01. The highest BCUT2D eigenvalue weighted by atomic mass is 32.2. The van der Waals surface area contributed by atoms with E-state index in [9.17, 15) is 8.42 Å². The number of anilines is 1. The SMILES string of the molecule is CC(C)c1ccc(N(C)S(=O)(=O)c2c[nH]c3ncncc23)cc1. The summed E-state index contributed by atoms with van der Waals surface area (Å²) in [5.74, 6) is 0.400. The summed E-state index contributed by atoms with van der Waals surface area (Å²) in [4.78, 5) is 11.0. The van der Waals surface area contributed by atoms with Crippen molar-refractivity contribution >= 4 is 26.7 Å². The first-order chi connectivity index (χ1) is 10.9. The molecule has 7 heteroatoms. The number of nitrogens with zero attached hydrogens (tertiary/aromatic N) is 3. The molecule has 0 saturated heterocycles. The lowest BCUT2D eigenvalue weighted by Gasteiger charge is -2.19. The topological polar surface area (TPSA) is 79.0 Å². The van der Waals surface area contributed by atoms with Gasteiger partial charge in [0.05, 0.1) is 11.1 Å². The lowest BCUT2D eigenvalue weighted by molar-refractivity contribution is 0.595.